The molecule has 3 rings (SSSR count). The van der Waals surface area contributed by atoms with Crippen molar-refractivity contribution in [3.05, 3.63) is 84.7 Å². The minimum absolute atomic E-state index is 0.189. The second-order valence-corrected chi connectivity index (χ2v) is 6.70. The Kier molecular flexibility index (Phi) is 5.03. The van der Waals surface area contributed by atoms with Crippen LogP contribution in [0, 0.1) is 11.3 Å². The summed E-state index contributed by atoms with van der Waals surface area (Å²) in [4.78, 5) is 24.6. The van der Waals surface area contributed by atoms with E-state index in [9.17, 15) is 14.9 Å². The number of nitriles is 1. The average molecular weight is 382 g/mol. The highest BCUT2D eigenvalue weighted by atomic mass is 35.5. The number of nitrogens with two attached hydrogens (primary N) is 1. The van der Waals surface area contributed by atoms with Crippen molar-refractivity contribution < 1.29 is 4.79 Å². The molecule has 0 saturated carbocycles. The van der Waals surface area contributed by atoms with Gasteiger partial charge in [-0.2, -0.15) is 5.26 Å². The largest absolute Gasteiger partial charge is 0.365 e. The fraction of sp³-hybridized carbons (Fsp3) is 0. The van der Waals surface area contributed by atoms with Crippen LogP contribution in [-0.2, 0) is 4.79 Å². The molecule has 0 unspecified atom stereocenters. The summed E-state index contributed by atoms with van der Waals surface area (Å²) in [5.41, 5.74) is 5.90. The van der Waals surface area contributed by atoms with E-state index >= 15 is 0 Å². The fourth-order valence-corrected chi connectivity index (χ4v) is 3.69. The minimum atomic E-state index is -0.886. The van der Waals surface area contributed by atoms with Gasteiger partial charge in [-0.05, 0) is 29.8 Å². The van der Waals surface area contributed by atoms with E-state index < -0.39 is 5.91 Å². The van der Waals surface area contributed by atoms with Crippen molar-refractivity contribution in [2.75, 3.05) is 0 Å². The molecule has 1 aromatic heterocycles. The Morgan fingerprint density at radius 3 is 2.42 bits per heavy atom. The van der Waals surface area contributed by atoms with Crippen LogP contribution in [0.2, 0.25) is 5.02 Å². The fourth-order valence-electron chi connectivity index (χ4n) is 2.40. The Labute approximate surface area is 157 Å². The molecule has 0 fully saturated rings. The van der Waals surface area contributed by atoms with Gasteiger partial charge in [-0.3, -0.25) is 14.2 Å². The van der Waals surface area contributed by atoms with Gasteiger partial charge in [0.25, 0.3) is 11.5 Å². The van der Waals surface area contributed by atoms with Gasteiger partial charge in [-0.25, -0.2) is 0 Å². The third kappa shape index (κ3) is 3.31. The SMILES string of the molecule is N#C/C(C(N)=O)=c1/s/c(=C/c2ccccc2Cl)c(=O)n1-c1ccccc1. The number of nitrogens with zero attached hydrogens (tertiary/aromatic N) is 2. The molecule has 26 heavy (non-hydrogen) atoms. The lowest BCUT2D eigenvalue weighted by Crippen LogP contribution is -2.32. The third-order valence-electron chi connectivity index (χ3n) is 3.60. The average Bonchev–Trinajstić information content (AvgIpc) is 2.94. The van der Waals surface area contributed by atoms with E-state index in [1.54, 1.807) is 66.7 Å². The van der Waals surface area contributed by atoms with Crippen LogP contribution in [0.25, 0.3) is 17.3 Å². The molecule has 5 nitrogen and oxygen atoms in total. The van der Waals surface area contributed by atoms with Gasteiger partial charge < -0.3 is 5.73 Å². The number of para-hydroxylation sites is 1. The van der Waals surface area contributed by atoms with Crippen LogP contribution in [-0.4, -0.2) is 10.5 Å². The molecular weight excluding hydrogens is 370 g/mol. The monoisotopic (exact) mass is 381 g/mol. The van der Waals surface area contributed by atoms with Crippen LogP contribution in [0.1, 0.15) is 5.56 Å². The zero-order valence-electron chi connectivity index (χ0n) is 13.3. The van der Waals surface area contributed by atoms with Crippen molar-refractivity contribution in [1.29, 1.82) is 5.26 Å². The lowest BCUT2D eigenvalue weighted by Gasteiger charge is -2.01. The maximum atomic E-state index is 13.0. The first kappa shape index (κ1) is 17.7. The van der Waals surface area contributed by atoms with Gasteiger partial charge in [-0.1, -0.05) is 48.0 Å². The van der Waals surface area contributed by atoms with Crippen LogP contribution >= 0.6 is 22.9 Å². The van der Waals surface area contributed by atoms with Crippen molar-refractivity contribution in [2.24, 2.45) is 5.73 Å². The molecule has 7 heteroatoms. The lowest BCUT2D eigenvalue weighted by molar-refractivity contribution is -0.112. The maximum Gasteiger partial charge on any atom is 0.273 e. The van der Waals surface area contributed by atoms with E-state index in [0.29, 0.717) is 20.8 Å². The number of hydrogen-bond donors (Lipinski definition) is 1. The zero-order valence-corrected chi connectivity index (χ0v) is 14.9. The number of benzene rings is 2. The molecule has 2 aromatic carbocycles. The van der Waals surface area contributed by atoms with E-state index in [1.807, 2.05) is 0 Å². The van der Waals surface area contributed by atoms with Crippen LogP contribution in [0.5, 0.6) is 0 Å². The van der Waals surface area contributed by atoms with E-state index in [1.165, 1.54) is 4.57 Å². The molecular formula is C19H12ClN3O2S. The Balaban J connectivity index is 2.44. The van der Waals surface area contributed by atoms with Crippen molar-refractivity contribution in [1.82, 2.24) is 4.57 Å². The van der Waals surface area contributed by atoms with Crippen molar-refractivity contribution in [3.63, 3.8) is 0 Å². The summed E-state index contributed by atoms with van der Waals surface area (Å²) in [6, 6.07) is 17.6. The number of aromatic nitrogens is 1. The summed E-state index contributed by atoms with van der Waals surface area (Å²) in [5, 5.41) is 9.82. The predicted molar refractivity (Wildman–Crippen MR) is 102 cm³/mol. The number of amides is 1. The van der Waals surface area contributed by atoms with Crippen LogP contribution in [0.4, 0.5) is 0 Å². The first-order chi connectivity index (χ1) is 12.5. The van der Waals surface area contributed by atoms with Crippen LogP contribution in [0.3, 0.4) is 0 Å². The molecule has 128 valence electrons. The molecule has 0 radical (unpaired) electrons. The highest BCUT2D eigenvalue weighted by Gasteiger charge is 2.14. The second-order valence-electron chi connectivity index (χ2n) is 5.26. The summed E-state index contributed by atoms with van der Waals surface area (Å²) >= 11 is 7.18. The molecule has 0 aliphatic carbocycles. The quantitative estimate of drug-likeness (QED) is 0.746. The van der Waals surface area contributed by atoms with Gasteiger partial charge in [0.1, 0.15) is 10.7 Å². The number of thiazole rings is 1. The molecule has 0 atom stereocenters. The number of hydrogen-bond acceptors (Lipinski definition) is 4. The second kappa shape index (κ2) is 7.40. The number of rotatable bonds is 3. The third-order valence-corrected chi connectivity index (χ3v) is 5.04. The van der Waals surface area contributed by atoms with E-state index in [-0.39, 0.29) is 15.8 Å². The minimum Gasteiger partial charge on any atom is -0.365 e. The molecule has 0 saturated heterocycles. The van der Waals surface area contributed by atoms with E-state index in [0.717, 1.165) is 11.3 Å². The summed E-state index contributed by atoms with van der Waals surface area (Å²) in [6.07, 6.45) is 1.63. The van der Waals surface area contributed by atoms with Gasteiger partial charge in [0.05, 0.1) is 10.2 Å². The van der Waals surface area contributed by atoms with Crippen molar-refractivity contribution in [3.8, 4) is 11.8 Å². The first-order valence-corrected chi connectivity index (χ1v) is 8.70. The molecule has 3 aromatic rings. The first-order valence-electron chi connectivity index (χ1n) is 7.50. The Bertz CT molecular complexity index is 1200. The summed E-state index contributed by atoms with van der Waals surface area (Å²) in [7, 11) is 0. The standard InChI is InChI=1S/C19H12ClN3O2S/c20-15-9-5-4-6-12(15)10-16-18(25)23(13-7-2-1-3-8-13)19(26-16)14(11-21)17(22)24/h1-10H,(H2,22,24)/b16-10+,19-14-. The molecule has 1 amide bonds. The predicted octanol–water partition coefficient (Wildman–Crippen LogP) is 1.54. The van der Waals surface area contributed by atoms with Gasteiger partial charge >= 0.3 is 0 Å². The molecule has 0 aliphatic heterocycles. The molecule has 0 aliphatic rings. The smallest absolute Gasteiger partial charge is 0.273 e. The van der Waals surface area contributed by atoms with Gasteiger partial charge in [-0.15, -0.1) is 11.3 Å². The number of carbonyl (C=O) groups excluding carboxylic acids is 1. The Morgan fingerprint density at radius 2 is 1.81 bits per heavy atom. The van der Waals surface area contributed by atoms with Gasteiger partial charge in [0.2, 0.25) is 0 Å². The van der Waals surface area contributed by atoms with Crippen LogP contribution in [0.15, 0.2) is 59.4 Å². The highest BCUT2D eigenvalue weighted by molar-refractivity contribution is 7.07. The Morgan fingerprint density at radius 1 is 1.15 bits per heavy atom. The zero-order chi connectivity index (χ0) is 18.7. The number of primary amides is 1. The Hall–Kier alpha value is -3.14. The topological polar surface area (TPSA) is 88.9 Å². The summed E-state index contributed by atoms with van der Waals surface area (Å²) < 4.78 is 1.84. The highest BCUT2D eigenvalue weighted by Crippen LogP contribution is 2.15. The van der Waals surface area contributed by atoms with Gasteiger partial charge in [0, 0.05) is 5.02 Å². The molecule has 0 bridgehead atoms. The maximum absolute atomic E-state index is 13.0. The number of carbonyl (C=O) groups is 1. The number of halogens is 1. The summed E-state index contributed by atoms with van der Waals surface area (Å²) in [6.45, 7) is 0. The van der Waals surface area contributed by atoms with Crippen molar-refractivity contribution >= 4 is 40.5 Å². The van der Waals surface area contributed by atoms with Gasteiger partial charge in [0.15, 0.2) is 5.57 Å². The lowest BCUT2D eigenvalue weighted by atomic mass is 10.2. The molecule has 2 N–H and O–H groups in total. The normalized spacial score (nSPS) is 12.5. The molecule has 1 heterocycles. The van der Waals surface area contributed by atoms with Crippen molar-refractivity contribution in [2.45, 2.75) is 0 Å². The summed E-state index contributed by atoms with van der Waals surface area (Å²) in [5.74, 6) is -0.886. The molecule has 0 spiro atoms. The van der Waals surface area contributed by atoms with E-state index in [2.05, 4.69) is 0 Å². The van der Waals surface area contributed by atoms with Crippen LogP contribution < -0.4 is 20.5 Å². The van der Waals surface area contributed by atoms with E-state index in [4.69, 9.17) is 17.3 Å².